The van der Waals surface area contributed by atoms with E-state index >= 15 is 0 Å². The molecule has 1 unspecified atom stereocenters. The number of carbonyl (C=O) groups excluding carboxylic acids is 1. The summed E-state index contributed by atoms with van der Waals surface area (Å²) in [5.41, 5.74) is 0.733. The minimum Gasteiger partial charge on any atom is -0.502 e. The predicted molar refractivity (Wildman–Crippen MR) is 155 cm³/mol. The Labute approximate surface area is 243 Å². The summed E-state index contributed by atoms with van der Waals surface area (Å²) in [6.07, 6.45) is 1.37. The number of ether oxygens (including phenoxy) is 3. The standard InChI is InChI=1S/C30H25N3O8S/c1-4-41-29(36)24-25(17-9-6-5-7-10-17)31-30-32(26(24)18-13-14-21(39-2)22(15-18)40-3)28(35)23(42-30)16-19-11-8-12-20(27(19)34)33(37)38/h5-16,26,34H,4H2,1-3H3/b23-16+. The van der Waals surface area contributed by atoms with Crippen molar-refractivity contribution in [3.8, 4) is 17.2 Å². The maximum absolute atomic E-state index is 14.0. The van der Waals surface area contributed by atoms with Gasteiger partial charge in [-0.3, -0.25) is 19.5 Å². The number of nitrogens with zero attached hydrogens (tertiary/aromatic N) is 3. The van der Waals surface area contributed by atoms with Crippen molar-refractivity contribution in [2.45, 2.75) is 13.0 Å². The number of phenolic OH excluding ortho intramolecular Hbond substituents is 1. The molecule has 0 amide bonds. The van der Waals surface area contributed by atoms with Gasteiger partial charge in [-0.1, -0.05) is 59.9 Å². The maximum atomic E-state index is 14.0. The molecule has 2 heterocycles. The molecule has 0 radical (unpaired) electrons. The van der Waals surface area contributed by atoms with Gasteiger partial charge in [-0.05, 0) is 30.7 Å². The topological polar surface area (TPSA) is 142 Å². The van der Waals surface area contributed by atoms with Gasteiger partial charge in [0.2, 0.25) is 5.75 Å². The van der Waals surface area contributed by atoms with Crippen LogP contribution in [0.5, 0.6) is 17.2 Å². The van der Waals surface area contributed by atoms with Gasteiger partial charge < -0.3 is 19.3 Å². The van der Waals surface area contributed by atoms with E-state index in [1.807, 2.05) is 18.2 Å². The second kappa shape index (κ2) is 11.7. The largest absolute Gasteiger partial charge is 0.502 e. The van der Waals surface area contributed by atoms with Crippen molar-refractivity contribution in [1.82, 2.24) is 4.57 Å². The van der Waals surface area contributed by atoms with Crippen molar-refractivity contribution in [1.29, 1.82) is 0 Å². The molecule has 4 aromatic rings. The van der Waals surface area contributed by atoms with E-state index in [1.165, 1.54) is 43.1 Å². The van der Waals surface area contributed by atoms with Crippen LogP contribution in [0.3, 0.4) is 0 Å². The van der Waals surface area contributed by atoms with E-state index in [0.29, 0.717) is 28.3 Å². The van der Waals surface area contributed by atoms with Crippen LogP contribution in [0.4, 0.5) is 5.69 Å². The van der Waals surface area contributed by atoms with E-state index < -0.39 is 33.9 Å². The molecular formula is C30H25N3O8S. The fourth-order valence-corrected chi connectivity index (χ4v) is 5.72. The molecule has 12 heteroatoms. The van der Waals surface area contributed by atoms with Crippen molar-refractivity contribution < 1.29 is 29.0 Å². The smallest absolute Gasteiger partial charge is 0.338 e. The van der Waals surface area contributed by atoms with Crippen LogP contribution in [0.15, 0.2) is 82.1 Å². The lowest BCUT2D eigenvalue weighted by molar-refractivity contribution is -0.385. The number of thiazole rings is 1. The summed E-state index contributed by atoms with van der Waals surface area (Å²) >= 11 is 1.03. The molecular weight excluding hydrogens is 562 g/mol. The molecule has 0 saturated carbocycles. The van der Waals surface area contributed by atoms with Crippen molar-refractivity contribution in [2.24, 2.45) is 4.99 Å². The zero-order valence-electron chi connectivity index (χ0n) is 22.8. The Kier molecular flexibility index (Phi) is 7.89. The average Bonchev–Trinajstić information content (AvgIpc) is 3.31. The number of hydrogen-bond donors (Lipinski definition) is 1. The quantitative estimate of drug-likeness (QED) is 0.187. The number of fused-ring (bicyclic) bond motifs is 1. The summed E-state index contributed by atoms with van der Waals surface area (Å²) in [6, 6.07) is 17.2. The Bertz CT molecular complexity index is 1910. The highest BCUT2D eigenvalue weighted by molar-refractivity contribution is 7.07. The Balaban J connectivity index is 1.85. The molecule has 42 heavy (non-hydrogen) atoms. The van der Waals surface area contributed by atoms with E-state index in [2.05, 4.69) is 0 Å². The van der Waals surface area contributed by atoms with Crippen molar-refractivity contribution in [2.75, 3.05) is 20.8 Å². The molecule has 0 fully saturated rings. The van der Waals surface area contributed by atoms with Gasteiger partial charge in [-0.2, -0.15) is 0 Å². The second-order valence-electron chi connectivity index (χ2n) is 9.02. The van der Waals surface area contributed by atoms with Gasteiger partial charge >= 0.3 is 11.7 Å². The number of para-hydroxylation sites is 1. The van der Waals surface area contributed by atoms with Crippen molar-refractivity contribution in [3.05, 3.63) is 119 Å². The number of nitro benzene ring substituents is 1. The van der Waals surface area contributed by atoms with Gasteiger partial charge in [0.1, 0.15) is 0 Å². The number of benzene rings is 3. The summed E-state index contributed by atoms with van der Waals surface area (Å²) in [5, 5.41) is 21.9. The van der Waals surface area contributed by atoms with Crippen LogP contribution in [0.1, 0.15) is 29.7 Å². The van der Waals surface area contributed by atoms with Crippen LogP contribution in [0.2, 0.25) is 0 Å². The summed E-state index contributed by atoms with van der Waals surface area (Å²) in [4.78, 5) is 43.3. The molecule has 11 nitrogen and oxygen atoms in total. The summed E-state index contributed by atoms with van der Waals surface area (Å²) in [6.45, 7) is 1.78. The van der Waals surface area contributed by atoms with Crippen LogP contribution in [0.25, 0.3) is 11.8 Å². The second-order valence-corrected chi connectivity index (χ2v) is 10.0. The van der Waals surface area contributed by atoms with Crippen LogP contribution < -0.4 is 24.4 Å². The summed E-state index contributed by atoms with van der Waals surface area (Å²) in [7, 11) is 2.98. The molecule has 214 valence electrons. The van der Waals surface area contributed by atoms with E-state index in [1.54, 1.807) is 37.3 Å². The Morgan fingerprint density at radius 2 is 1.83 bits per heavy atom. The van der Waals surface area contributed by atoms with Gasteiger partial charge in [-0.15, -0.1) is 0 Å². The molecule has 0 bridgehead atoms. The normalized spacial score (nSPS) is 14.6. The molecule has 0 aliphatic carbocycles. The lowest BCUT2D eigenvalue weighted by atomic mass is 9.93. The van der Waals surface area contributed by atoms with Gasteiger partial charge in [0.15, 0.2) is 16.3 Å². The number of hydrogen-bond acceptors (Lipinski definition) is 10. The van der Waals surface area contributed by atoms with Crippen LogP contribution >= 0.6 is 11.3 Å². The minimum absolute atomic E-state index is 0.0880. The number of rotatable bonds is 8. The molecule has 1 aromatic heterocycles. The molecule has 1 N–H and O–H groups in total. The summed E-state index contributed by atoms with van der Waals surface area (Å²) in [5.74, 6) is -0.368. The van der Waals surface area contributed by atoms with Gasteiger partial charge in [0.05, 0.1) is 47.6 Å². The fourth-order valence-electron chi connectivity index (χ4n) is 4.73. The molecule has 0 spiro atoms. The Hall–Kier alpha value is -5.23. The minimum atomic E-state index is -0.976. The highest BCUT2D eigenvalue weighted by Crippen LogP contribution is 2.38. The van der Waals surface area contributed by atoms with Crippen LogP contribution in [0, 0.1) is 10.1 Å². The molecule has 1 aliphatic rings. The van der Waals surface area contributed by atoms with Gasteiger partial charge in [0, 0.05) is 17.2 Å². The number of aromatic nitrogens is 1. The van der Waals surface area contributed by atoms with E-state index in [4.69, 9.17) is 19.2 Å². The van der Waals surface area contributed by atoms with Crippen molar-refractivity contribution in [3.63, 3.8) is 0 Å². The zero-order chi connectivity index (χ0) is 30.0. The number of phenols is 1. The molecule has 0 saturated heterocycles. The first-order chi connectivity index (χ1) is 20.3. The number of carbonyl (C=O) groups is 1. The van der Waals surface area contributed by atoms with E-state index in [-0.39, 0.29) is 27.1 Å². The molecule has 1 atom stereocenters. The lowest BCUT2D eigenvalue weighted by Gasteiger charge is -2.26. The first-order valence-electron chi connectivity index (χ1n) is 12.8. The highest BCUT2D eigenvalue weighted by atomic mass is 32.1. The molecule has 5 rings (SSSR count). The highest BCUT2D eigenvalue weighted by Gasteiger charge is 2.35. The van der Waals surface area contributed by atoms with Crippen LogP contribution in [-0.2, 0) is 9.53 Å². The lowest BCUT2D eigenvalue weighted by Crippen LogP contribution is -2.40. The van der Waals surface area contributed by atoms with Crippen molar-refractivity contribution >= 4 is 34.8 Å². The third kappa shape index (κ3) is 5.03. The van der Waals surface area contributed by atoms with E-state index in [9.17, 15) is 24.8 Å². The number of methoxy groups -OCH3 is 2. The number of nitro groups is 1. The average molecular weight is 588 g/mol. The van der Waals surface area contributed by atoms with Gasteiger partial charge in [-0.25, -0.2) is 9.79 Å². The predicted octanol–water partition coefficient (Wildman–Crippen LogP) is 3.57. The Morgan fingerprint density at radius 3 is 2.50 bits per heavy atom. The number of aromatic hydroxyl groups is 1. The molecule has 1 aliphatic heterocycles. The third-order valence-electron chi connectivity index (χ3n) is 6.63. The maximum Gasteiger partial charge on any atom is 0.338 e. The number of esters is 1. The van der Waals surface area contributed by atoms with Gasteiger partial charge in [0.25, 0.3) is 5.56 Å². The zero-order valence-corrected chi connectivity index (χ0v) is 23.6. The van der Waals surface area contributed by atoms with Crippen LogP contribution in [-0.4, -0.2) is 41.4 Å². The monoisotopic (exact) mass is 587 g/mol. The fraction of sp³-hybridized carbons (Fsp3) is 0.167. The summed E-state index contributed by atoms with van der Waals surface area (Å²) < 4.78 is 17.9. The van der Waals surface area contributed by atoms with E-state index in [0.717, 1.165) is 11.3 Å². The SMILES string of the molecule is CCOC(=O)C1=C(c2ccccc2)N=c2s/c(=C/c3cccc([N+](=O)[O-])c3O)c(=O)n2C1c1ccc(OC)c(OC)c1. The third-order valence-corrected chi connectivity index (χ3v) is 7.61. The Morgan fingerprint density at radius 1 is 1.10 bits per heavy atom. The first-order valence-corrected chi connectivity index (χ1v) is 13.6. The first kappa shape index (κ1) is 28.3. The molecule has 3 aromatic carbocycles.